The van der Waals surface area contributed by atoms with Crippen molar-refractivity contribution < 1.29 is 36.2 Å². The molecule has 0 bridgehead atoms. The molecule has 0 aliphatic carbocycles. The molecule has 0 amide bonds. The second-order valence-corrected chi connectivity index (χ2v) is 25.6. The normalized spacial score (nSPS) is 20.6. The van der Waals surface area contributed by atoms with Gasteiger partial charge in [0.25, 0.3) is 0 Å². The van der Waals surface area contributed by atoms with Crippen LogP contribution in [0.3, 0.4) is 0 Å². The summed E-state index contributed by atoms with van der Waals surface area (Å²) < 4.78 is 54.0. The van der Waals surface area contributed by atoms with E-state index in [1.807, 2.05) is 36.4 Å². The lowest BCUT2D eigenvalue weighted by atomic mass is 9.76. The lowest BCUT2D eigenvalue weighted by Crippen LogP contribution is -2.57. The maximum absolute atomic E-state index is 15.6. The Balaban J connectivity index is 0.974. The number of fused-ring (bicyclic) bond motifs is 4. The number of anilines is 4. The highest BCUT2D eigenvalue weighted by molar-refractivity contribution is 7.91. The van der Waals surface area contributed by atoms with Gasteiger partial charge in [0.2, 0.25) is 9.84 Å². The molecule has 16 nitrogen and oxygen atoms in total. The quantitative estimate of drug-likeness (QED) is 0.152. The fourth-order valence-corrected chi connectivity index (χ4v) is 15.6. The smallest absolute Gasteiger partial charge is 0.355 e. The molecule has 0 N–H and O–H groups in total. The van der Waals surface area contributed by atoms with Crippen LogP contribution in [0.2, 0.25) is 0 Å². The number of hydrogen-bond acceptors (Lipinski definition) is 12. The second kappa shape index (κ2) is 21.0. The van der Waals surface area contributed by atoms with E-state index in [0.29, 0.717) is 22.9 Å². The SMILES string of the molecule is COc1ccc(C(C)(C)c2ccc(Oc3ccc(S(=O)(=O)c4ccc(C)c(N5CCCN6CCC[N+](C)=C65)c4)c(N4CCCN5CCC[N+](C)=C54)c3)c(N3CCCN4CCC[N+](C)=C43)c2)c(N2CCCN3CCC[N+](C)=C32)c1. The van der Waals surface area contributed by atoms with E-state index in [-0.39, 0.29) is 4.90 Å². The number of benzene rings is 4. The molecule has 17 heteroatoms. The Morgan fingerprint density at radius 3 is 1.42 bits per heavy atom. The van der Waals surface area contributed by atoms with E-state index in [0.717, 1.165) is 184 Å². The van der Waals surface area contributed by atoms with Crippen molar-refractivity contribution in [1.29, 1.82) is 0 Å². The van der Waals surface area contributed by atoms with Crippen molar-refractivity contribution in [1.82, 2.24) is 19.6 Å². The summed E-state index contributed by atoms with van der Waals surface area (Å²) in [7, 11) is 6.47. The third-order valence-corrected chi connectivity index (χ3v) is 19.8. The van der Waals surface area contributed by atoms with Gasteiger partial charge in [-0.25, -0.2) is 28.0 Å². The first-order valence-electron chi connectivity index (χ1n) is 29.1. The summed E-state index contributed by atoms with van der Waals surface area (Å²) in [5.41, 5.74) is 6.81. The third kappa shape index (κ3) is 9.28. The van der Waals surface area contributed by atoms with E-state index >= 15 is 8.42 Å². The predicted octanol–water partition coefficient (Wildman–Crippen LogP) is 6.61. The number of nitrogens with zero attached hydrogens (tertiary/aromatic N) is 12. The third-order valence-electron chi connectivity index (χ3n) is 18.0. The monoisotopic (exact) mass is 1080 g/mol. The average molecular weight is 1080 g/mol. The van der Waals surface area contributed by atoms with Crippen molar-refractivity contribution in [2.75, 3.05) is 160 Å². The van der Waals surface area contributed by atoms with Gasteiger partial charge < -0.3 is 9.47 Å². The molecule has 12 rings (SSSR count). The van der Waals surface area contributed by atoms with E-state index in [1.54, 1.807) is 7.11 Å². The van der Waals surface area contributed by atoms with Crippen LogP contribution in [-0.4, -0.2) is 210 Å². The van der Waals surface area contributed by atoms with Crippen molar-refractivity contribution in [3.63, 3.8) is 0 Å². The first kappa shape index (κ1) is 52.2. The van der Waals surface area contributed by atoms with Gasteiger partial charge >= 0.3 is 23.8 Å². The molecule has 0 spiro atoms. The molecule has 8 aliphatic heterocycles. The Hall–Kier alpha value is -6.49. The topological polar surface area (TPSA) is 90.6 Å². The number of rotatable bonds is 11. The molecule has 4 fully saturated rings. The van der Waals surface area contributed by atoms with Crippen LogP contribution in [0.15, 0.2) is 82.6 Å². The van der Waals surface area contributed by atoms with Gasteiger partial charge in [-0.3, -0.25) is 37.9 Å². The maximum Gasteiger partial charge on any atom is 0.355 e. The van der Waals surface area contributed by atoms with Crippen molar-refractivity contribution in [2.45, 2.75) is 87.3 Å². The van der Waals surface area contributed by atoms with Crippen LogP contribution >= 0.6 is 0 Å². The molecule has 0 atom stereocenters. The number of aryl methyl sites for hydroxylation is 1. The molecule has 8 heterocycles. The van der Waals surface area contributed by atoms with Gasteiger partial charge in [-0.05, 0) is 60.5 Å². The number of guanidine groups is 4. The first-order chi connectivity index (χ1) is 37.7. The van der Waals surface area contributed by atoms with Crippen molar-refractivity contribution in [3.05, 3.63) is 89.5 Å². The van der Waals surface area contributed by atoms with E-state index in [1.165, 1.54) is 34.7 Å². The number of methoxy groups -OCH3 is 1. The zero-order chi connectivity index (χ0) is 54.0. The van der Waals surface area contributed by atoms with Crippen LogP contribution in [0.1, 0.15) is 81.9 Å². The molecule has 0 saturated carbocycles. The lowest BCUT2D eigenvalue weighted by Gasteiger charge is -2.39. The summed E-state index contributed by atoms with van der Waals surface area (Å²) in [6.45, 7) is 22.1. The molecular formula is C61H84N12O4S+4. The molecule has 78 heavy (non-hydrogen) atoms. The van der Waals surface area contributed by atoms with Crippen LogP contribution in [0.5, 0.6) is 17.2 Å². The van der Waals surface area contributed by atoms with Crippen molar-refractivity contribution >= 4 is 56.4 Å². The number of hydrogen-bond donors (Lipinski definition) is 0. The second-order valence-electron chi connectivity index (χ2n) is 23.6. The minimum Gasteiger partial charge on any atom is -0.497 e. The van der Waals surface area contributed by atoms with E-state index in [2.05, 4.69) is 143 Å². The van der Waals surface area contributed by atoms with Gasteiger partial charge in [-0.2, -0.15) is 0 Å². The molecule has 4 aromatic carbocycles. The van der Waals surface area contributed by atoms with E-state index in [9.17, 15) is 0 Å². The molecule has 414 valence electrons. The molecule has 0 unspecified atom stereocenters. The summed E-state index contributed by atoms with van der Waals surface area (Å²) in [4.78, 5) is 20.2. The van der Waals surface area contributed by atoms with Gasteiger partial charge in [-0.15, -0.1) is 0 Å². The van der Waals surface area contributed by atoms with Crippen LogP contribution in [0, 0.1) is 6.92 Å². The lowest BCUT2D eigenvalue weighted by molar-refractivity contribution is -0.510. The van der Waals surface area contributed by atoms with Crippen LogP contribution in [0.25, 0.3) is 0 Å². The van der Waals surface area contributed by atoms with Gasteiger partial charge in [0.15, 0.2) is 5.75 Å². The van der Waals surface area contributed by atoms with E-state index < -0.39 is 15.3 Å². The van der Waals surface area contributed by atoms with Gasteiger partial charge in [0.05, 0.1) is 145 Å². The van der Waals surface area contributed by atoms with Crippen molar-refractivity contribution in [2.24, 2.45) is 0 Å². The molecule has 0 aromatic heterocycles. The number of ether oxygens (including phenoxy) is 2. The summed E-state index contributed by atoms with van der Waals surface area (Å²) in [5, 5.41) is 0. The van der Waals surface area contributed by atoms with Crippen LogP contribution in [0.4, 0.5) is 22.7 Å². The van der Waals surface area contributed by atoms with Crippen LogP contribution < -0.4 is 29.1 Å². The van der Waals surface area contributed by atoms with E-state index in [4.69, 9.17) is 9.47 Å². The van der Waals surface area contributed by atoms with Gasteiger partial charge in [0, 0.05) is 74.5 Å². The van der Waals surface area contributed by atoms with Crippen molar-refractivity contribution in [3.8, 4) is 17.2 Å². The molecule has 4 saturated heterocycles. The molecular weight excluding hydrogens is 997 g/mol. The highest BCUT2D eigenvalue weighted by Crippen LogP contribution is 2.46. The molecule has 0 radical (unpaired) electrons. The summed E-state index contributed by atoms with van der Waals surface area (Å²) in [5.74, 6) is 6.89. The minimum absolute atomic E-state index is 0.286. The van der Waals surface area contributed by atoms with Crippen LogP contribution in [-0.2, 0) is 15.3 Å². The Bertz CT molecular complexity index is 3260. The molecule has 4 aromatic rings. The zero-order valence-electron chi connectivity index (χ0n) is 47.8. The maximum atomic E-state index is 15.6. The van der Waals surface area contributed by atoms with Gasteiger partial charge in [-0.1, -0.05) is 32.0 Å². The summed E-state index contributed by atoms with van der Waals surface area (Å²) in [6, 6.07) is 24.9. The Kier molecular flexibility index (Phi) is 14.0. The predicted molar refractivity (Wildman–Crippen MR) is 312 cm³/mol. The fraction of sp³-hybridized carbons (Fsp3) is 0.541. The highest BCUT2D eigenvalue weighted by Gasteiger charge is 2.44. The largest absolute Gasteiger partial charge is 0.497 e. The molecule has 8 aliphatic rings. The summed E-state index contributed by atoms with van der Waals surface area (Å²) >= 11 is 0. The number of sulfone groups is 1. The Labute approximate surface area is 463 Å². The highest BCUT2D eigenvalue weighted by atomic mass is 32.2. The summed E-state index contributed by atoms with van der Waals surface area (Å²) in [6.07, 6.45) is 8.49. The first-order valence-corrected chi connectivity index (χ1v) is 30.6. The minimum atomic E-state index is -4.06. The standard InChI is InChI=1S/C61H84N12O4S/c1-45-17-21-49(44-51(45)70-37-13-33-66-29-9-25-62(4)57(66)70)78(74,75)56-24-20-48(43-54(56)73-40-16-36-69-32-12-28-65(7)60(69)73)77-55-23-18-46(41-53(55)72-39-15-35-68-31-11-27-64(6)59(68)72)61(2,3)50-22-19-47(76-8)42-52(50)71-38-14-34-67-30-10-26-63(5)58(67)71/h17-24,41-44H,9-16,25-40H2,1-8H3/q+4. The fourth-order valence-electron chi connectivity index (χ4n) is 14.2. The average Bonchev–Trinajstić information content (AvgIpc) is 3.62. The van der Waals surface area contributed by atoms with Gasteiger partial charge in [0.1, 0.15) is 39.1 Å². The Morgan fingerprint density at radius 2 is 0.910 bits per heavy atom. The zero-order valence-corrected chi connectivity index (χ0v) is 48.6. The Morgan fingerprint density at radius 1 is 0.462 bits per heavy atom.